The maximum absolute atomic E-state index is 12.5. The summed E-state index contributed by atoms with van der Waals surface area (Å²) in [4.78, 5) is 24.6. The molecule has 0 fully saturated rings. The highest BCUT2D eigenvalue weighted by Gasteiger charge is 2.19. The van der Waals surface area contributed by atoms with Gasteiger partial charge in [0.1, 0.15) is 11.3 Å². The van der Waals surface area contributed by atoms with Crippen LogP contribution < -0.4 is 15.7 Å². The van der Waals surface area contributed by atoms with Crippen LogP contribution in [-0.4, -0.2) is 23.7 Å². The summed E-state index contributed by atoms with van der Waals surface area (Å²) in [6.07, 6.45) is -1.73. The molecule has 0 aliphatic rings. The molecule has 1 heterocycles. The van der Waals surface area contributed by atoms with E-state index in [2.05, 4.69) is 5.32 Å². The first-order chi connectivity index (χ1) is 15.9. The summed E-state index contributed by atoms with van der Waals surface area (Å²) < 4.78 is 11.1. The van der Waals surface area contributed by atoms with Gasteiger partial charge in [-0.2, -0.15) is 0 Å². The number of fused-ring (bicyclic) bond motifs is 1. The molecule has 0 aliphatic carbocycles. The maximum atomic E-state index is 12.5. The van der Waals surface area contributed by atoms with Crippen LogP contribution in [0, 0.1) is 0 Å². The molecule has 0 saturated carbocycles. The van der Waals surface area contributed by atoms with E-state index in [0.29, 0.717) is 22.1 Å². The minimum absolute atomic E-state index is 0.0390. The molecule has 1 amide bonds. The molecule has 33 heavy (non-hydrogen) atoms. The lowest BCUT2D eigenvalue weighted by molar-refractivity contribution is -0.127. The Labute approximate surface area is 195 Å². The summed E-state index contributed by atoms with van der Waals surface area (Å²) in [5.74, 6) is -0.204. The van der Waals surface area contributed by atoms with Crippen LogP contribution in [-0.2, 0) is 4.79 Å². The van der Waals surface area contributed by atoms with Crippen molar-refractivity contribution in [3.05, 3.63) is 99.9 Å². The van der Waals surface area contributed by atoms with Gasteiger partial charge in [-0.3, -0.25) is 4.79 Å². The number of carbonyl (C=O) groups is 1. The van der Waals surface area contributed by atoms with Gasteiger partial charge in [0.25, 0.3) is 5.91 Å². The van der Waals surface area contributed by atoms with Gasteiger partial charge in [-0.25, -0.2) is 4.79 Å². The number of nitrogens with one attached hydrogen (secondary N) is 1. The fraction of sp³-hybridized carbons (Fsp3) is 0.154. The van der Waals surface area contributed by atoms with Crippen molar-refractivity contribution in [1.82, 2.24) is 5.32 Å². The molecule has 2 unspecified atom stereocenters. The van der Waals surface area contributed by atoms with Gasteiger partial charge in [-0.15, -0.1) is 0 Å². The summed E-state index contributed by atoms with van der Waals surface area (Å²) in [5, 5.41) is 13.8. The van der Waals surface area contributed by atoms with Gasteiger partial charge in [0, 0.05) is 24.1 Å². The predicted molar refractivity (Wildman–Crippen MR) is 127 cm³/mol. The Morgan fingerprint density at radius 2 is 1.73 bits per heavy atom. The number of hydrogen-bond donors (Lipinski definition) is 2. The Hall–Kier alpha value is -3.61. The fourth-order valence-corrected chi connectivity index (χ4v) is 3.70. The Morgan fingerprint density at radius 3 is 2.42 bits per heavy atom. The molecular formula is C26H22ClNO5. The van der Waals surface area contributed by atoms with Crippen molar-refractivity contribution in [2.45, 2.75) is 19.1 Å². The molecule has 168 valence electrons. The largest absolute Gasteiger partial charge is 0.479 e. The molecule has 7 heteroatoms. The van der Waals surface area contributed by atoms with Gasteiger partial charge >= 0.3 is 5.63 Å². The zero-order valence-corrected chi connectivity index (χ0v) is 18.6. The van der Waals surface area contributed by atoms with Gasteiger partial charge in [0.15, 0.2) is 6.10 Å². The molecule has 0 aliphatic heterocycles. The summed E-state index contributed by atoms with van der Waals surface area (Å²) in [5.41, 5.74) is 2.04. The highest BCUT2D eigenvalue weighted by atomic mass is 35.5. The van der Waals surface area contributed by atoms with E-state index < -0.39 is 23.7 Å². The molecular weight excluding hydrogens is 442 g/mol. The van der Waals surface area contributed by atoms with Crippen LogP contribution in [0.3, 0.4) is 0 Å². The van der Waals surface area contributed by atoms with E-state index in [1.165, 1.54) is 12.1 Å². The number of hydrogen-bond acceptors (Lipinski definition) is 5. The van der Waals surface area contributed by atoms with E-state index in [9.17, 15) is 14.7 Å². The highest BCUT2D eigenvalue weighted by Crippen LogP contribution is 2.35. The standard InChI is InChI=1S/C26H22ClNO5/c1-16(26(31)28-15-22(29)18-10-6-3-7-11-18)32-24-14-23-20(12-21(24)27)19(13-25(30)33-23)17-8-4-2-5-9-17/h2-14,16,22,29H,15H2,1H3,(H,28,31). The van der Waals surface area contributed by atoms with Crippen molar-refractivity contribution >= 4 is 28.5 Å². The van der Waals surface area contributed by atoms with Gasteiger partial charge in [-0.05, 0) is 29.7 Å². The van der Waals surface area contributed by atoms with E-state index in [1.807, 2.05) is 48.5 Å². The van der Waals surface area contributed by atoms with Crippen LogP contribution in [0.25, 0.3) is 22.1 Å². The van der Waals surface area contributed by atoms with Crippen molar-refractivity contribution in [3.8, 4) is 16.9 Å². The third kappa shape index (κ3) is 5.25. The molecule has 2 N–H and O–H groups in total. The third-order valence-electron chi connectivity index (χ3n) is 5.21. The van der Waals surface area contributed by atoms with E-state index in [4.69, 9.17) is 20.8 Å². The molecule has 0 bridgehead atoms. The zero-order chi connectivity index (χ0) is 23.4. The second kappa shape index (κ2) is 9.90. The Balaban J connectivity index is 1.52. The average molecular weight is 464 g/mol. The normalized spacial score (nSPS) is 12.8. The monoisotopic (exact) mass is 463 g/mol. The molecule has 4 aromatic rings. The minimum atomic E-state index is -0.896. The number of ether oxygens (including phenoxy) is 1. The van der Waals surface area contributed by atoms with Crippen molar-refractivity contribution in [2.24, 2.45) is 0 Å². The first-order valence-electron chi connectivity index (χ1n) is 10.4. The van der Waals surface area contributed by atoms with Gasteiger partial charge in [0.2, 0.25) is 0 Å². The lowest BCUT2D eigenvalue weighted by Gasteiger charge is -2.18. The minimum Gasteiger partial charge on any atom is -0.479 e. The summed E-state index contributed by atoms with van der Waals surface area (Å²) >= 11 is 6.44. The van der Waals surface area contributed by atoms with Gasteiger partial charge in [0.05, 0.1) is 11.1 Å². The van der Waals surface area contributed by atoms with Crippen LogP contribution in [0.4, 0.5) is 0 Å². The molecule has 6 nitrogen and oxygen atoms in total. The quantitative estimate of drug-likeness (QED) is 0.387. The highest BCUT2D eigenvalue weighted by molar-refractivity contribution is 6.33. The molecule has 2 atom stereocenters. The van der Waals surface area contributed by atoms with Crippen LogP contribution >= 0.6 is 11.6 Å². The molecule has 4 rings (SSSR count). The van der Waals surface area contributed by atoms with Crippen LogP contribution in [0.5, 0.6) is 5.75 Å². The summed E-state index contributed by atoms with van der Waals surface area (Å²) in [7, 11) is 0. The van der Waals surface area contributed by atoms with Crippen molar-refractivity contribution in [1.29, 1.82) is 0 Å². The van der Waals surface area contributed by atoms with Gasteiger partial charge in [-0.1, -0.05) is 72.3 Å². The third-order valence-corrected chi connectivity index (χ3v) is 5.50. The van der Waals surface area contributed by atoms with E-state index in [0.717, 1.165) is 5.56 Å². The fourth-order valence-electron chi connectivity index (χ4n) is 3.49. The number of carbonyl (C=O) groups excluding carboxylic acids is 1. The van der Waals surface area contributed by atoms with Crippen molar-refractivity contribution in [3.63, 3.8) is 0 Å². The number of rotatable bonds is 7. The lowest BCUT2D eigenvalue weighted by Crippen LogP contribution is -2.38. The summed E-state index contributed by atoms with van der Waals surface area (Å²) in [6.45, 7) is 1.61. The van der Waals surface area contributed by atoms with E-state index in [-0.39, 0.29) is 17.3 Å². The second-order valence-corrected chi connectivity index (χ2v) is 7.96. The second-order valence-electron chi connectivity index (χ2n) is 7.56. The smallest absolute Gasteiger partial charge is 0.336 e. The molecule has 1 aromatic heterocycles. The predicted octanol–water partition coefficient (Wildman–Crippen LogP) is 4.73. The van der Waals surface area contributed by atoms with Gasteiger partial charge < -0.3 is 19.6 Å². The topological polar surface area (TPSA) is 88.8 Å². The van der Waals surface area contributed by atoms with E-state index >= 15 is 0 Å². The van der Waals surface area contributed by atoms with Crippen LogP contribution in [0.2, 0.25) is 5.02 Å². The Morgan fingerprint density at radius 1 is 1.06 bits per heavy atom. The number of halogens is 1. The van der Waals surface area contributed by atoms with Crippen molar-refractivity contribution < 1.29 is 19.1 Å². The number of aliphatic hydroxyl groups is 1. The SMILES string of the molecule is CC(Oc1cc2oc(=O)cc(-c3ccccc3)c2cc1Cl)C(=O)NCC(O)c1ccccc1. The molecule has 0 spiro atoms. The van der Waals surface area contributed by atoms with E-state index in [1.54, 1.807) is 25.1 Å². The van der Waals surface area contributed by atoms with Crippen molar-refractivity contribution in [2.75, 3.05) is 6.54 Å². The Kier molecular flexibility index (Phi) is 6.77. The number of aliphatic hydroxyl groups excluding tert-OH is 1. The lowest BCUT2D eigenvalue weighted by atomic mass is 10.0. The average Bonchev–Trinajstić information content (AvgIpc) is 2.83. The molecule has 0 saturated heterocycles. The van der Waals surface area contributed by atoms with Crippen LogP contribution in [0.15, 0.2) is 88.1 Å². The molecule has 3 aromatic carbocycles. The number of amides is 1. The first kappa shape index (κ1) is 22.6. The van der Waals surface area contributed by atoms with Crippen LogP contribution in [0.1, 0.15) is 18.6 Å². The number of benzene rings is 3. The zero-order valence-electron chi connectivity index (χ0n) is 17.8. The summed E-state index contributed by atoms with van der Waals surface area (Å²) in [6, 6.07) is 23.1. The first-order valence-corrected chi connectivity index (χ1v) is 10.8. The molecule has 0 radical (unpaired) electrons. The Bertz CT molecular complexity index is 1320. The maximum Gasteiger partial charge on any atom is 0.336 e.